The molecule has 0 aromatic heterocycles. The first kappa shape index (κ1) is 8.98. The molecule has 0 amide bonds. The highest BCUT2D eigenvalue weighted by atomic mass is 16.5. The molecule has 0 saturated heterocycles. The maximum atomic E-state index is 5.48. The fourth-order valence-corrected chi connectivity index (χ4v) is 0.472. The topological polar surface area (TPSA) is 35.2 Å². The number of methoxy groups -OCH3 is 1. The van der Waals surface area contributed by atoms with Gasteiger partial charge in [-0.1, -0.05) is 24.8 Å². The Morgan fingerprint density at radius 2 is 2.30 bits per heavy atom. The lowest BCUT2D eigenvalue weighted by atomic mass is 10.4. The molecule has 0 bridgehead atoms. The van der Waals surface area contributed by atoms with Crippen LogP contribution in [0.2, 0.25) is 0 Å². The first-order chi connectivity index (χ1) is 4.81. The molecule has 0 aromatic carbocycles. The average molecular weight is 139 g/mol. The molecule has 2 N–H and O–H groups in total. The number of hydrogen-bond acceptors (Lipinski definition) is 2. The van der Waals surface area contributed by atoms with Gasteiger partial charge in [-0.3, -0.25) is 0 Å². The summed E-state index contributed by atoms with van der Waals surface area (Å²) in [5.74, 6) is 0. The molecule has 0 aliphatic heterocycles. The van der Waals surface area contributed by atoms with Crippen molar-refractivity contribution in [2.75, 3.05) is 13.7 Å². The van der Waals surface area contributed by atoms with E-state index in [1.807, 2.05) is 12.2 Å². The molecule has 2 heteroatoms. The average Bonchev–Trinajstić information content (AvgIpc) is 1.89. The van der Waals surface area contributed by atoms with Gasteiger partial charge in [0.25, 0.3) is 0 Å². The second-order valence-electron chi connectivity index (χ2n) is 1.80. The molecule has 0 aromatic rings. The van der Waals surface area contributed by atoms with Crippen LogP contribution in [0.15, 0.2) is 36.6 Å². The maximum Gasteiger partial charge on any atom is 0.0856 e. The smallest absolute Gasteiger partial charge is 0.0856 e. The number of allylic oxidation sites excluding steroid dienone is 4. The standard InChI is InChI=1S/C8H13NO/c1-3-4-5-6-8(9)7-10-2/h3-6H,1,7,9H2,2H3/b5-4-,8-6+. The zero-order valence-corrected chi connectivity index (χ0v) is 6.21. The number of rotatable bonds is 4. The molecule has 0 heterocycles. The zero-order valence-electron chi connectivity index (χ0n) is 6.21. The Morgan fingerprint density at radius 1 is 1.60 bits per heavy atom. The van der Waals surface area contributed by atoms with Crippen LogP contribution < -0.4 is 5.73 Å². The maximum absolute atomic E-state index is 5.48. The van der Waals surface area contributed by atoms with E-state index >= 15 is 0 Å². The number of nitrogens with two attached hydrogens (primary N) is 1. The van der Waals surface area contributed by atoms with Crippen molar-refractivity contribution >= 4 is 0 Å². The minimum Gasteiger partial charge on any atom is -0.400 e. The highest BCUT2D eigenvalue weighted by Crippen LogP contribution is 1.85. The van der Waals surface area contributed by atoms with Gasteiger partial charge < -0.3 is 10.5 Å². The van der Waals surface area contributed by atoms with Crippen molar-refractivity contribution in [3.63, 3.8) is 0 Å². The highest BCUT2D eigenvalue weighted by Gasteiger charge is 1.82. The Labute approximate surface area is 61.7 Å². The van der Waals surface area contributed by atoms with Crippen LogP contribution in [0.25, 0.3) is 0 Å². The monoisotopic (exact) mass is 139 g/mol. The minimum atomic E-state index is 0.474. The van der Waals surface area contributed by atoms with Gasteiger partial charge in [0.2, 0.25) is 0 Å². The summed E-state index contributed by atoms with van der Waals surface area (Å²) in [6, 6.07) is 0. The lowest BCUT2D eigenvalue weighted by Gasteiger charge is -1.94. The van der Waals surface area contributed by atoms with Gasteiger partial charge in [0.05, 0.1) is 6.61 Å². The van der Waals surface area contributed by atoms with Gasteiger partial charge in [0.15, 0.2) is 0 Å². The van der Waals surface area contributed by atoms with Crippen molar-refractivity contribution in [2.24, 2.45) is 5.73 Å². The normalized spacial score (nSPS) is 12.3. The largest absolute Gasteiger partial charge is 0.400 e. The van der Waals surface area contributed by atoms with Crippen LogP contribution in [0.5, 0.6) is 0 Å². The molecule has 0 fully saturated rings. The molecule has 2 nitrogen and oxygen atoms in total. The lowest BCUT2D eigenvalue weighted by molar-refractivity contribution is 0.225. The molecule has 0 radical (unpaired) electrons. The third-order valence-electron chi connectivity index (χ3n) is 0.868. The van der Waals surface area contributed by atoms with E-state index in [1.54, 1.807) is 19.3 Å². The summed E-state index contributed by atoms with van der Waals surface area (Å²) >= 11 is 0. The summed E-state index contributed by atoms with van der Waals surface area (Å²) in [7, 11) is 1.61. The summed E-state index contributed by atoms with van der Waals surface area (Å²) in [4.78, 5) is 0. The van der Waals surface area contributed by atoms with Crippen molar-refractivity contribution in [1.29, 1.82) is 0 Å². The molecule has 0 rings (SSSR count). The summed E-state index contributed by atoms with van der Waals surface area (Å²) in [6.45, 7) is 3.99. The van der Waals surface area contributed by atoms with Crippen LogP contribution in [0.1, 0.15) is 0 Å². The first-order valence-corrected chi connectivity index (χ1v) is 3.04. The van der Waals surface area contributed by atoms with E-state index in [0.29, 0.717) is 12.3 Å². The lowest BCUT2D eigenvalue weighted by Crippen LogP contribution is -2.03. The Hall–Kier alpha value is -1.02. The van der Waals surface area contributed by atoms with E-state index in [4.69, 9.17) is 10.5 Å². The molecule has 56 valence electrons. The summed E-state index contributed by atoms with van der Waals surface area (Å²) in [5, 5.41) is 0. The van der Waals surface area contributed by atoms with Crippen LogP contribution in [0.3, 0.4) is 0 Å². The Kier molecular flexibility index (Phi) is 5.48. The van der Waals surface area contributed by atoms with Crippen molar-refractivity contribution in [3.8, 4) is 0 Å². The first-order valence-electron chi connectivity index (χ1n) is 3.04. The summed E-state index contributed by atoms with van der Waals surface area (Å²) in [5.41, 5.74) is 6.18. The van der Waals surface area contributed by atoms with Gasteiger partial charge >= 0.3 is 0 Å². The van der Waals surface area contributed by atoms with Crippen LogP contribution >= 0.6 is 0 Å². The van der Waals surface area contributed by atoms with E-state index in [1.165, 1.54) is 0 Å². The van der Waals surface area contributed by atoms with Gasteiger partial charge in [0, 0.05) is 12.8 Å². The van der Waals surface area contributed by atoms with E-state index in [0.717, 1.165) is 0 Å². The predicted octanol–water partition coefficient (Wildman–Crippen LogP) is 1.22. The zero-order chi connectivity index (χ0) is 7.82. The Balaban J connectivity index is 3.67. The van der Waals surface area contributed by atoms with E-state index in [2.05, 4.69) is 6.58 Å². The quantitative estimate of drug-likeness (QED) is 0.594. The molecule has 0 spiro atoms. The molecule has 0 aliphatic rings. The highest BCUT2D eigenvalue weighted by molar-refractivity contribution is 5.13. The van der Waals surface area contributed by atoms with Crippen molar-refractivity contribution in [1.82, 2.24) is 0 Å². The molecule has 0 aliphatic carbocycles. The van der Waals surface area contributed by atoms with Crippen LogP contribution in [0.4, 0.5) is 0 Å². The van der Waals surface area contributed by atoms with Crippen LogP contribution in [-0.4, -0.2) is 13.7 Å². The predicted molar refractivity (Wildman–Crippen MR) is 43.5 cm³/mol. The van der Waals surface area contributed by atoms with E-state index < -0.39 is 0 Å². The van der Waals surface area contributed by atoms with Crippen LogP contribution in [-0.2, 0) is 4.74 Å². The van der Waals surface area contributed by atoms with Crippen molar-refractivity contribution in [3.05, 3.63) is 36.6 Å². The molecule has 0 unspecified atom stereocenters. The van der Waals surface area contributed by atoms with Gasteiger partial charge in [-0.2, -0.15) is 0 Å². The minimum absolute atomic E-state index is 0.474. The van der Waals surface area contributed by atoms with Crippen molar-refractivity contribution < 1.29 is 4.74 Å². The van der Waals surface area contributed by atoms with E-state index in [9.17, 15) is 0 Å². The third kappa shape index (κ3) is 5.12. The number of hydrogen-bond donors (Lipinski definition) is 1. The summed E-state index contributed by atoms with van der Waals surface area (Å²) < 4.78 is 4.78. The van der Waals surface area contributed by atoms with Gasteiger partial charge in [-0.05, 0) is 6.08 Å². The molecule has 0 saturated carbocycles. The fourth-order valence-electron chi connectivity index (χ4n) is 0.472. The molecule has 0 atom stereocenters. The fraction of sp³-hybridized carbons (Fsp3) is 0.250. The van der Waals surface area contributed by atoms with Crippen molar-refractivity contribution in [2.45, 2.75) is 0 Å². The Bertz CT molecular complexity index is 147. The Morgan fingerprint density at radius 3 is 2.80 bits per heavy atom. The molecular weight excluding hydrogens is 126 g/mol. The van der Waals surface area contributed by atoms with Gasteiger partial charge in [0.1, 0.15) is 0 Å². The number of ether oxygens (including phenoxy) is 1. The SMILES string of the molecule is C=C/C=C\C=C(\N)COC. The van der Waals surface area contributed by atoms with Gasteiger partial charge in [-0.25, -0.2) is 0 Å². The second kappa shape index (κ2) is 6.11. The second-order valence-corrected chi connectivity index (χ2v) is 1.80. The van der Waals surface area contributed by atoms with Crippen LogP contribution in [0, 0.1) is 0 Å². The molecular formula is C8H13NO. The molecule has 10 heavy (non-hydrogen) atoms. The van der Waals surface area contributed by atoms with E-state index in [-0.39, 0.29) is 0 Å². The summed E-state index contributed by atoms with van der Waals surface area (Å²) in [6.07, 6.45) is 7.10. The third-order valence-corrected chi connectivity index (χ3v) is 0.868. The van der Waals surface area contributed by atoms with Gasteiger partial charge in [-0.15, -0.1) is 0 Å².